The average molecular weight is 482 g/mol. The van der Waals surface area contributed by atoms with E-state index in [1.165, 1.54) is 50.2 Å². The first-order valence-electron chi connectivity index (χ1n) is 10.2. The van der Waals surface area contributed by atoms with Crippen LogP contribution >= 0.6 is 0 Å². The number of fused-ring (bicyclic) bond motifs is 1. The van der Waals surface area contributed by atoms with Crippen molar-refractivity contribution in [1.29, 1.82) is 0 Å². The number of aryl methyl sites for hydroxylation is 1. The number of hydrogen-bond donors (Lipinski definition) is 1. The summed E-state index contributed by atoms with van der Waals surface area (Å²) in [6, 6.07) is 16.1. The number of aromatic nitrogens is 2. The van der Waals surface area contributed by atoms with Crippen LogP contribution in [0.25, 0.3) is 16.6 Å². The van der Waals surface area contributed by atoms with Gasteiger partial charge in [-0.3, -0.25) is 14.1 Å². The van der Waals surface area contributed by atoms with E-state index >= 15 is 0 Å². The molecule has 0 unspecified atom stereocenters. The topological polar surface area (TPSA) is 109 Å². The van der Waals surface area contributed by atoms with Crippen molar-refractivity contribution in [3.63, 3.8) is 0 Å². The molecule has 0 atom stereocenters. The number of rotatable bonds is 7. The van der Waals surface area contributed by atoms with Crippen molar-refractivity contribution in [2.75, 3.05) is 26.1 Å². The lowest BCUT2D eigenvalue weighted by Crippen LogP contribution is -2.22. The second-order valence-electron chi connectivity index (χ2n) is 7.32. The van der Waals surface area contributed by atoms with Gasteiger partial charge in [0, 0.05) is 12.1 Å². The van der Waals surface area contributed by atoms with E-state index in [-0.39, 0.29) is 27.6 Å². The van der Waals surface area contributed by atoms with E-state index in [0.29, 0.717) is 28.2 Å². The smallest absolute Gasteiger partial charge is 0.265 e. The lowest BCUT2D eigenvalue weighted by Gasteiger charge is -2.16. The Labute approximate surface area is 196 Å². The Hall–Kier alpha value is -4.05. The molecule has 0 bridgehead atoms. The molecule has 1 N–H and O–H groups in total. The molecule has 10 heteroatoms. The normalized spacial score (nSPS) is 11.3. The molecule has 0 amide bonds. The zero-order valence-electron chi connectivity index (χ0n) is 19.0. The lowest BCUT2D eigenvalue weighted by molar-refractivity contribution is 0.354. The second kappa shape index (κ2) is 9.06. The highest BCUT2D eigenvalue weighted by Gasteiger charge is 2.20. The van der Waals surface area contributed by atoms with Crippen LogP contribution in [0.4, 0.5) is 5.69 Å². The minimum atomic E-state index is -3.97. The highest BCUT2D eigenvalue weighted by Crippen LogP contribution is 2.33. The molecule has 0 aliphatic rings. The van der Waals surface area contributed by atoms with Gasteiger partial charge in [0.15, 0.2) is 11.5 Å². The molecule has 34 heavy (non-hydrogen) atoms. The van der Waals surface area contributed by atoms with E-state index in [0.717, 1.165) is 0 Å². The number of benzene rings is 3. The van der Waals surface area contributed by atoms with Gasteiger partial charge in [0.1, 0.15) is 11.6 Å². The fraction of sp³-hybridized carbons (Fsp3) is 0.167. The van der Waals surface area contributed by atoms with Crippen molar-refractivity contribution in [3.8, 4) is 22.9 Å². The number of nitrogens with one attached hydrogen (secondary N) is 1. The first kappa shape index (κ1) is 23.1. The summed E-state index contributed by atoms with van der Waals surface area (Å²) in [5, 5.41) is 0.477. The highest BCUT2D eigenvalue weighted by molar-refractivity contribution is 7.92. The maximum Gasteiger partial charge on any atom is 0.265 e. The van der Waals surface area contributed by atoms with Crippen LogP contribution in [0.2, 0.25) is 0 Å². The van der Waals surface area contributed by atoms with Crippen molar-refractivity contribution < 1.29 is 22.6 Å². The summed E-state index contributed by atoms with van der Waals surface area (Å²) >= 11 is 0. The van der Waals surface area contributed by atoms with Gasteiger partial charge in [-0.15, -0.1) is 0 Å². The molecule has 0 spiro atoms. The average Bonchev–Trinajstić information content (AvgIpc) is 2.84. The molecule has 0 fully saturated rings. The van der Waals surface area contributed by atoms with Gasteiger partial charge in [-0.05, 0) is 43.3 Å². The van der Waals surface area contributed by atoms with Gasteiger partial charge >= 0.3 is 0 Å². The molecule has 1 aromatic heterocycles. The van der Waals surface area contributed by atoms with Crippen LogP contribution in [0.5, 0.6) is 17.2 Å². The highest BCUT2D eigenvalue weighted by atomic mass is 32.2. The Bertz CT molecular complexity index is 1550. The van der Waals surface area contributed by atoms with Gasteiger partial charge in [-0.2, -0.15) is 0 Å². The van der Waals surface area contributed by atoms with Crippen molar-refractivity contribution in [3.05, 3.63) is 76.8 Å². The summed E-state index contributed by atoms with van der Waals surface area (Å²) in [5.41, 5.74) is 1.07. The summed E-state index contributed by atoms with van der Waals surface area (Å²) < 4.78 is 45.8. The van der Waals surface area contributed by atoms with Gasteiger partial charge in [0.05, 0.1) is 48.5 Å². The molecule has 1 heterocycles. The van der Waals surface area contributed by atoms with E-state index < -0.39 is 10.0 Å². The number of hydrogen-bond acceptors (Lipinski definition) is 7. The minimum Gasteiger partial charge on any atom is -0.494 e. The molecule has 0 saturated heterocycles. The first-order chi connectivity index (χ1) is 16.3. The van der Waals surface area contributed by atoms with Crippen molar-refractivity contribution in [2.45, 2.75) is 11.8 Å². The molecule has 3 aromatic carbocycles. The number of ether oxygens (including phenoxy) is 3. The number of sulfonamides is 1. The minimum absolute atomic E-state index is 0.0120. The van der Waals surface area contributed by atoms with Crippen LogP contribution in [0.1, 0.15) is 5.82 Å². The van der Waals surface area contributed by atoms with Gasteiger partial charge in [0.25, 0.3) is 15.6 Å². The van der Waals surface area contributed by atoms with Crippen LogP contribution in [0.3, 0.4) is 0 Å². The SMILES string of the molecule is COc1cc(-n2c(C)nc3ccccc3c2=O)ccc1NS(=O)(=O)c1ccc(OC)c(OC)c1. The van der Waals surface area contributed by atoms with Gasteiger partial charge in [-0.1, -0.05) is 12.1 Å². The predicted molar refractivity (Wildman–Crippen MR) is 129 cm³/mol. The molecule has 0 aliphatic carbocycles. The molecule has 0 aliphatic heterocycles. The van der Waals surface area contributed by atoms with E-state index in [1.807, 2.05) is 6.07 Å². The van der Waals surface area contributed by atoms with Crippen molar-refractivity contribution >= 4 is 26.6 Å². The van der Waals surface area contributed by atoms with Crippen molar-refractivity contribution in [1.82, 2.24) is 9.55 Å². The standard InChI is InChI=1S/C24H23N3O6S/c1-15-25-19-8-6-5-7-18(19)24(28)27(15)16-9-11-20(22(13-16)32-3)26-34(29,30)17-10-12-21(31-2)23(14-17)33-4/h5-14,26H,1-4H3. The number of anilines is 1. The van der Waals surface area contributed by atoms with Crippen LogP contribution in [0, 0.1) is 6.92 Å². The Morgan fingerprint density at radius 3 is 2.26 bits per heavy atom. The molecule has 176 valence electrons. The molecule has 0 radical (unpaired) electrons. The summed E-state index contributed by atoms with van der Waals surface area (Å²) in [4.78, 5) is 17.6. The second-order valence-corrected chi connectivity index (χ2v) is 9.01. The third-order valence-corrected chi connectivity index (χ3v) is 6.66. The Balaban J connectivity index is 1.74. The van der Waals surface area contributed by atoms with Gasteiger partial charge in [-0.25, -0.2) is 13.4 Å². The number of methoxy groups -OCH3 is 3. The fourth-order valence-corrected chi connectivity index (χ4v) is 4.72. The molecular formula is C24H23N3O6S. The third kappa shape index (κ3) is 4.15. The summed E-state index contributed by atoms with van der Waals surface area (Å²) in [7, 11) is 0.338. The third-order valence-electron chi connectivity index (χ3n) is 5.30. The molecule has 4 aromatic rings. The lowest BCUT2D eigenvalue weighted by atomic mass is 10.2. The maximum atomic E-state index is 13.1. The van der Waals surface area contributed by atoms with Crippen LogP contribution in [-0.4, -0.2) is 39.3 Å². The number of para-hydroxylation sites is 1. The van der Waals surface area contributed by atoms with Gasteiger partial charge < -0.3 is 14.2 Å². The first-order valence-corrected chi connectivity index (χ1v) is 11.7. The van der Waals surface area contributed by atoms with E-state index in [4.69, 9.17) is 14.2 Å². The molecule has 0 saturated carbocycles. The predicted octanol–water partition coefficient (Wildman–Crippen LogP) is 3.52. The van der Waals surface area contributed by atoms with E-state index in [9.17, 15) is 13.2 Å². The monoisotopic (exact) mass is 481 g/mol. The zero-order valence-corrected chi connectivity index (χ0v) is 19.8. The zero-order chi connectivity index (χ0) is 24.5. The van der Waals surface area contributed by atoms with Gasteiger partial charge in [0.2, 0.25) is 0 Å². The summed E-state index contributed by atoms with van der Waals surface area (Å²) in [5.74, 6) is 1.42. The number of nitrogens with zero attached hydrogens (tertiary/aromatic N) is 2. The summed E-state index contributed by atoms with van der Waals surface area (Å²) in [6.45, 7) is 1.73. The van der Waals surface area contributed by atoms with E-state index in [2.05, 4.69) is 9.71 Å². The fourth-order valence-electron chi connectivity index (χ4n) is 3.64. The Morgan fingerprint density at radius 1 is 0.853 bits per heavy atom. The van der Waals surface area contributed by atoms with Crippen LogP contribution in [-0.2, 0) is 10.0 Å². The Kier molecular flexibility index (Phi) is 6.16. The maximum absolute atomic E-state index is 13.1. The summed E-state index contributed by atoms with van der Waals surface area (Å²) in [6.07, 6.45) is 0. The molecular weight excluding hydrogens is 458 g/mol. The quantitative estimate of drug-likeness (QED) is 0.430. The van der Waals surface area contributed by atoms with Crippen molar-refractivity contribution in [2.24, 2.45) is 0 Å². The Morgan fingerprint density at radius 2 is 1.56 bits per heavy atom. The van der Waals surface area contributed by atoms with Crippen LogP contribution in [0.15, 0.2) is 70.4 Å². The molecule has 9 nitrogen and oxygen atoms in total. The largest absolute Gasteiger partial charge is 0.494 e. The van der Waals surface area contributed by atoms with Crippen LogP contribution < -0.4 is 24.5 Å². The van der Waals surface area contributed by atoms with E-state index in [1.54, 1.807) is 37.3 Å². The molecule has 4 rings (SSSR count).